The molecule has 0 N–H and O–H groups in total. The van der Waals surface area contributed by atoms with Crippen molar-refractivity contribution in [3.05, 3.63) is 52.0 Å². The fraction of sp³-hybridized carbons (Fsp3) is 0.435. The van der Waals surface area contributed by atoms with E-state index in [4.69, 9.17) is 0 Å². The lowest BCUT2D eigenvalue weighted by Crippen LogP contribution is -2.53. The van der Waals surface area contributed by atoms with E-state index in [9.17, 15) is 13.2 Å². The molecule has 0 unspecified atom stereocenters. The van der Waals surface area contributed by atoms with Gasteiger partial charge in [0.05, 0.1) is 5.69 Å². The van der Waals surface area contributed by atoms with E-state index in [0.717, 1.165) is 15.7 Å². The van der Waals surface area contributed by atoms with E-state index in [1.807, 2.05) is 6.07 Å². The molecule has 8 heteroatoms. The predicted octanol–water partition coefficient (Wildman–Crippen LogP) is 3.96. The molecule has 0 aromatic heterocycles. The fourth-order valence-corrected chi connectivity index (χ4v) is 6.94. The summed E-state index contributed by atoms with van der Waals surface area (Å²) in [5, 5.41) is 0. The van der Waals surface area contributed by atoms with E-state index < -0.39 is 10.0 Å². The lowest BCUT2D eigenvalue weighted by molar-refractivity contribution is -0.118. The first-order chi connectivity index (χ1) is 14.7. The molecule has 2 aromatic carbocycles. The number of aryl methyl sites for hydroxylation is 1. The zero-order valence-corrected chi connectivity index (χ0v) is 20.5. The van der Waals surface area contributed by atoms with Gasteiger partial charge in [-0.05, 0) is 50.1 Å². The molecule has 2 aliphatic rings. The topological polar surface area (TPSA) is 60.9 Å². The van der Waals surface area contributed by atoms with Crippen LogP contribution in [0, 0.1) is 6.92 Å². The Kier molecular flexibility index (Phi) is 6.16. The molecule has 0 bridgehead atoms. The second kappa shape index (κ2) is 8.56. The SMILES string of the molecule is CCC(=O)N1CCc2cc(Br)cc(S(=O)(=O)N3CCN(c4ccc(C)cc4)[C@H](C)C3)c21. The predicted molar refractivity (Wildman–Crippen MR) is 127 cm³/mol. The van der Waals surface area contributed by atoms with Gasteiger partial charge >= 0.3 is 0 Å². The summed E-state index contributed by atoms with van der Waals surface area (Å²) < 4.78 is 29.8. The first-order valence-electron chi connectivity index (χ1n) is 10.7. The number of hydrogen-bond donors (Lipinski definition) is 0. The number of piperazine rings is 1. The summed E-state index contributed by atoms with van der Waals surface area (Å²) in [4.78, 5) is 16.6. The van der Waals surface area contributed by atoms with Gasteiger partial charge in [0.15, 0.2) is 0 Å². The number of benzene rings is 2. The molecule has 166 valence electrons. The Bertz CT molecular complexity index is 1100. The number of amides is 1. The van der Waals surface area contributed by atoms with Crippen molar-refractivity contribution in [2.45, 2.75) is 44.6 Å². The van der Waals surface area contributed by atoms with Gasteiger partial charge in [-0.15, -0.1) is 0 Å². The Morgan fingerprint density at radius 3 is 2.48 bits per heavy atom. The van der Waals surface area contributed by atoms with Crippen molar-refractivity contribution in [3.8, 4) is 0 Å². The Morgan fingerprint density at radius 1 is 1.13 bits per heavy atom. The second-order valence-electron chi connectivity index (χ2n) is 8.30. The largest absolute Gasteiger partial charge is 0.366 e. The molecule has 1 atom stereocenters. The highest BCUT2D eigenvalue weighted by atomic mass is 79.9. The quantitative estimate of drug-likeness (QED) is 0.630. The molecule has 1 saturated heterocycles. The van der Waals surface area contributed by atoms with Crippen LogP contribution >= 0.6 is 15.9 Å². The number of rotatable bonds is 4. The number of nitrogens with zero attached hydrogens (tertiary/aromatic N) is 3. The van der Waals surface area contributed by atoms with Gasteiger partial charge in [-0.1, -0.05) is 40.5 Å². The van der Waals surface area contributed by atoms with E-state index >= 15 is 0 Å². The van der Waals surface area contributed by atoms with Crippen LogP contribution in [0.1, 0.15) is 31.4 Å². The summed E-state index contributed by atoms with van der Waals surface area (Å²) in [5.41, 5.74) is 3.77. The van der Waals surface area contributed by atoms with Crippen molar-refractivity contribution in [3.63, 3.8) is 0 Å². The van der Waals surface area contributed by atoms with Gasteiger partial charge < -0.3 is 9.80 Å². The fourth-order valence-electron chi connectivity index (χ4n) is 4.51. The summed E-state index contributed by atoms with van der Waals surface area (Å²) >= 11 is 3.47. The Balaban J connectivity index is 1.64. The molecule has 0 radical (unpaired) electrons. The smallest absolute Gasteiger partial charge is 0.245 e. The van der Waals surface area contributed by atoms with Crippen LogP contribution in [0.25, 0.3) is 0 Å². The van der Waals surface area contributed by atoms with Crippen molar-refractivity contribution in [2.24, 2.45) is 0 Å². The first-order valence-corrected chi connectivity index (χ1v) is 12.9. The average molecular weight is 506 g/mol. The Labute approximate surface area is 193 Å². The van der Waals surface area contributed by atoms with Gasteiger partial charge in [0.25, 0.3) is 0 Å². The van der Waals surface area contributed by atoms with Crippen molar-refractivity contribution in [1.29, 1.82) is 0 Å². The number of anilines is 2. The molecule has 1 fully saturated rings. The third kappa shape index (κ3) is 4.13. The lowest BCUT2D eigenvalue weighted by atomic mass is 10.1. The molecule has 1 amide bonds. The normalized spacial score (nSPS) is 19.5. The molecule has 2 heterocycles. The van der Waals surface area contributed by atoms with Crippen molar-refractivity contribution in [2.75, 3.05) is 36.0 Å². The standard InChI is InChI=1S/C23H28BrN3O3S/c1-4-22(28)27-10-9-18-13-19(24)14-21(23(18)27)31(29,30)25-11-12-26(17(3)15-25)20-7-5-16(2)6-8-20/h5-8,13-14,17H,4,9-12,15H2,1-3H3/t17-/m1/s1. The summed E-state index contributed by atoms with van der Waals surface area (Å²) in [6.45, 7) is 7.87. The van der Waals surface area contributed by atoms with E-state index in [0.29, 0.717) is 44.7 Å². The van der Waals surface area contributed by atoms with Gasteiger partial charge in [-0.2, -0.15) is 4.31 Å². The highest BCUT2D eigenvalue weighted by Crippen LogP contribution is 2.39. The monoisotopic (exact) mass is 505 g/mol. The van der Waals surface area contributed by atoms with E-state index in [1.165, 1.54) is 5.56 Å². The molecule has 31 heavy (non-hydrogen) atoms. The number of carbonyl (C=O) groups excluding carboxylic acids is 1. The summed E-state index contributed by atoms with van der Waals surface area (Å²) in [7, 11) is -3.75. The molecule has 6 nitrogen and oxygen atoms in total. The molecule has 2 aliphatic heterocycles. The van der Waals surface area contributed by atoms with Crippen LogP contribution in [0.4, 0.5) is 11.4 Å². The highest BCUT2D eigenvalue weighted by Gasteiger charge is 2.37. The van der Waals surface area contributed by atoms with Crippen LogP contribution in [0.3, 0.4) is 0 Å². The second-order valence-corrected chi connectivity index (χ2v) is 11.1. The summed E-state index contributed by atoms with van der Waals surface area (Å²) in [5.74, 6) is -0.0462. The Hall–Kier alpha value is -1.90. The van der Waals surface area contributed by atoms with Crippen LogP contribution < -0.4 is 9.80 Å². The van der Waals surface area contributed by atoms with Crippen molar-refractivity contribution in [1.82, 2.24) is 4.31 Å². The third-order valence-corrected chi connectivity index (χ3v) is 8.51. The van der Waals surface area contributed by atoms with Crippen molar-refractivity contribution >= 4 is 43.2 Å². The molecule has 4 rings (SSSR count). The van der Waals surface area contributed by atoms with Crippen molar-refractivity contribution < 1.29 is 13.2 Å². The van der Waals surface area contributed by atoms with Gasteiger partial charge in [-0.25, -0.2) is 8.42 Å². The minimum atomic E-state index is -3.75. The van der Waals surface area contributed by atoms with Gasteiger partial charge in [0.2, 0.25) is 15.9 Å². The molecular formula is C23H28BrN3O3S. The van der Waals surface area contributed by atoms with Crippen LogP contribution in [0.5, 0.6) is 0 Å². The van der Waals surface area contributed by atoms with E-state index in [-0.39, 0.29) is 16.8 Å². The minimum absolute atomic E-state index is 0.0415. The molecule has 0 saturated carbocycles. The average Bonchev–Trinajstić information content (AvgIpc) is 3.16. The van der Waals surface area contributed by atoms with Crippen LogP contribution in [-0.4, -0.2) is 50.9 Å². The first kappa shape index (κ1) is 22.3. The highest BCUT2D eigenvalue weighted by molar-refractivity contribution is 9.10. The van der Waals surface area contributed by atoms with Crippen LogP contribution in [-0.2, 0) is 21.2 Å². The Morgan fingerprint density at radius 2 is 1.84 bits per heavy atom. The molecule has 2 aromatic rings. The maximum atomic E-state index is 13.7. The van der Waals surface area contributed by atoms with Gasteiger partial charge in [0, 0.05) is 48.8 Å². The summed E-state index contributed by atoms with van der Waals surface area (Å²) in [6.07, 6.45) is 1.02. The van der Waals surface area contributed by atoms with Gasteiger partial charge in [0.1, 0.15) is 4.90 Å². The molecule has 0 spiro atoms. The summed E-state index contributed by atoms with van der Waals surface area (Å²) in [6, 6.07) is 11.9. The number of sulfonamides is 1. The van der Waals surface area contributed by atoms with Crippen LogP contribution in [0.15, 0.2) is 45.8 Å². The minimum Gasteiger partial charge on any atom is -0.366 e. The number of hydrogen-bond acceptors (Lipinski definition) is 4. The maximum Gasteiger partial charge on any atom is 0.245 e. The molecular weight excluding hydrogens is 478 g/mol. The van der Waals surface area contributed by atoms with Crippen LogP contribution in [0.2, 0.25) is 0 Å². The zero-order chi connectivity index (χ0) is 22.3. The zero-order valence-electron chi connectivity index (χ0n) is 18.1. The maximum absolute atomic E-state index is 13.7. The third-order valence-electron chi connectivity index (χ3n) is 6.17. The lowest BCUT2D eigenvalue weighted by Gasteiger charge is -2.41. The molecule has 0 aliphatic carbocycles. The number of fused-ring (bicyclic) bond motifs is 1. The number of carbonyl (C=O) groups is 1. The van der Waals surface area contributed by atoms with E-state index in [1.54, 1.807) is 22.2 Å². The van der Waals surface area contributed by atoms with E-state index in [2.05, 4.69) is 58.9 Å². The number of halogens is 1. The van der Waals surface area contributed by atoms with Gasteiger partial charge in [-0.3, -0.25) is 4.79 Å².